The average Bonchev–Trinajstić information content (AvgIpc) is 3.21. The van der Waals surface area contributed by atoms with Crippen LogP contribution < -0.4 is 5.32 Å². The molecule has 1 N–H and O–H groups in total. The summed E-state index contributed by atoms with van der Waals surface area (Å²) in [4.78, 5) is 24.4. The van der Waals surface area contributed by atoms with E-state index >= 15 is 0 Å². The molecule has 8 nitrogen and oxygen atoms in total. The number of ether oxygens (including phenoxy) is 1. The van der Waals surface area contributed by atoms with Crippen LogP contribution in [0, 0.1) is 0 Å². The first-order chi connectivity index (χ1) is 12.7. The number of para-hydroxylation sites is 1. The molecule has 0 aliphatic heterocycles. The number of tetrazole rings is 1. The van der Waals surface area contributed by atoms with Crippen molar-refractivity contribution < 1.29 is 14.3 Å². The van der Waals surface area contributed by atoms with E-state index in [9.17, 15) is 9.59 Å². The number of benzene rings is 2. The van der Waals surface area contributed by atoms with Gasteiger partial charge >= 0.3 is 5.97 Å². The van der Waals surface area contributed by atoms with Gasteiger partial charge in [0.1, 0.15) is 6.33 Å². The van der Waals surface area contributed by atoms with E-state index in [0.717, 1.165) is 6.42 Å². The largest absolute Gasteiger partial charge is 0.462 e. The van der Waals surface area contributed by atoms with Crippen molar-refractivity contribution in [2.45, 2.75) is 13.3 Å². The van der Waals surface area contributed by atoms with Crippen molar-refractivity contribution in [3.8, 4) is 5.69 Å². The van der Waals surface area contributed by atoms with Crippen molar-refractivity contribution in [2.24, 2.45) is 0 Å². The summed E-state index contributed by atoms with van der Waals surface area (Å²) in [5.41, 5.74) is 1.99. The number of amides is 1. The minimum Gasteiger partial charge on any atom is -0.462 e. The van der Waals surface area contributed by atoms with Gasteiger partial charge in [-0.25, -0.2) is 4.79 Å². The lowest BCUT2D eigenvalue weighted by molar-refractivity contribution is 0.0505. The molecule has 3 aromatic rings. The van der Waals surface area contributed by atoms with Crippen LogP contribution in [0.25, 0.3) is 5.69 Å². The van der Waals surface area contributed by atoms with Gasteiger partial charge in [-0.05, 0) is 53.2 Å². The molecule has 1 heterocycles. The van der Waals surface area contributed by atoms with Crippen molar-refractivity contribution in [3.63, 3.8) is 0 Å². The highest BCUT2D eigenvalue weighted by Crippen LogP contribution is 2.16. The maximum absolute atomic E-state index is 12.6. The molecule has 0 unspecified atom stereocenters. The summed E-state index contributed by atoms with van der Waals surface area (Å²) in [5.74, 6) is -0.689. The van der Waals surface area contributed by atoms with Crippen LogP contribution >= 0.6 is 0 Å². The number of esters is 1. The summed E-state index contributed by atoms with van der Waals surface area (Å²) in [6.45, 7) is 2.31. The normalized spacial score (nSPS) is 10.3. The van der Waals surface area contributed by atoms with E-state index in [0.29, 0.717) is 29.1 Å². The van der Waals surface area contributed by atoms with E-state index in [1.165, 1.54) is 11.0 Å². The lowest BCUT2D eigenvalue weighted by Gasteiger charge is -2.10. The molecule has 0 radical (unpaired) electrons. The zero-order valence-electron chi connectivity index (χ0n) is 14.1. The number of carbonyl (C=O) groups is 2. The van der Waals surface area contributed by atoms with Crippen LogP contribution in [0.2, 0.25) is 0 Å². The van der Waals surface area contributed by atoms with Crippen molar-refractivity contribution in [1.82, 2.24) is 20.2 Å². The molecule has 0 bridgehead atoms. The second kappa shape index (κ2) is 8.02. The van der Waals surface area contributed by atoms with Crippen molar-refractivity contribution in [3.05, 3.63) is 66.0 Å². The summed E-state index contributed by atoms with van der Waals surface area (Å²) in [6, 6.07) is 13.5. The van der Waals surface area contributed by atoms with Crippen LogP contribution in [0.1, 0.15) is 34.1 Å². The summed E-state index contributed by atoms with van der Waals surface area (Å²) in [5, 5.41) is 13.8. The molecule has 1 amide bonds. The highest BCUT2D eigenvalue weighted by atomic mass is 16.5. The zero-order valence-corrected chi connectivity index (χ0v) is 14.1. The fourth-order valence-corrected chi connectivity index (χ4v) is 2.30. The Morgan fingerprint density at radius 1 is 1.12 bits per heavy atom. The Kier molecular flexibility index (Phi) is 5.33. The molecule has 132 valence electrons. The van der Waals surface area contributed by atoms with Gasteiger partial charge in [0.25, 0.3) is 5.91 Å². The fraction of sp³-hybridized carbons (Fsp3) is 0.167. The predicted molar refractivity (Wildman–Crippen MR) is 94.1 cm³/mol. The Hall–Kier alpha value is -3.55. The first kappa shape index (κ1) is 17.3. The Bertz CT molecular complexity index is 891. The summed E-state index contributed by atoms with van der Waals surface area (Å²) in [7, 11) is 0. The van der Waals surface area contributed by atoms with Crippen molar-refractivity contribution in [1.29, 1.82) is 0 Å². The van der Waals surface area contributed by atoms with Crippen LogP contribution in [-0.4, -0.2) is 38.7 Å². The molecule has 0 saturated carbocycles. The van der Waals surface area contributed by atoms with Crippen LogP contribution in [0.5, 0.6) is 0 Å². The maximum Gasteiger partial charge on any atom is 0.338 e. The predicted octanol–water partition coefficient (Wildman–Crippen LogP) is 2.48. The second-order valence-corrected chi connectivity index (χ2v) is 5.44. The van der Waals surface area contributed by atoms with E-state index in [1.807, 2.05) is 6.92 Å². The summed E-state index contributed by atoms with van der Waals surface area (Å²) in [6.07, 6.45) is 2.18. The number of carbonyl (C=O) groups excluding carboxylic acids is 2. The van der Waals surface area contributed by atoms with Gasteiger partial charge in [-0.2, -0.15) is 4.68 Å². The van der Waals surface area contributed by atoms with Gasteiger partial charge in [-0.15, -0.1) is 5.10 Å². The van der Waals surface area contributed by atoms with E-state index in [2.05, 4.69) is 20.8 Å². The van der Waals surface area contributed by atoms with E-state index in [-0.39, 0.29) is 11.9 Å². The van der Waals surface area contributed by atoms with E-state index in [4.69, 9.17) is 4.74 Å². The van der Waals surface area contributed by atoms with Gasteiger partial charge in [0.15, 0.2) is 0 Å². The standard InChI is InChI=1S/C18H17N5O3/c1-2-11-26-18(25)13-7-9-14(10-8-13)20-17(24)15-5-3-4-6-16(15)23-12-19-21-22-23/h3-10,12H,2,11H2,1H3,(H,20,24). The molecular formula is C18H17N5O3. The summed E-state index contributed by atoms with van der Waals surface area (Å²) < 4.78 is 6.50. The maximum atomic E-state index is 12.6. The number of hydrogen-bond donors (Lipinski definition) is 1. The van der Waals surface area contributed by atoms with Gasteiger partial charge in [0.2, 0.25) is 0 Å². The third kappa shape index (κ3) is 3.92. The molecule has 0 saturated heterocycles. The smallest absolute Gasteiger partial charge is 0.338 e. The lowest BCUT2D eigenvalue weighted by atomic mass is 10.1. The van der Waals surface area contributed by atoms with Crippen molar-refractivity contribution in [2.75, 3.05) is 11.9 Å². The van der Waals surface area contributed by atoms with Crippen molar-refractivity contribution >= 4 is 17.6 Å². The van der Waals surface area contributed by atoms with Crippen LogP contribution in [-0.2, 0) is 4.74 Å². The third-order valence-corrected chi connectivity index (χ3v) is 3.56. The van der Waals surface area contributed by atoms with Gasteiger partial charge in [0, 0.05) is 5.69 Å². The van der Waals surface area contributed by atoms with Gasteiger partial charge in [0.05, 0.1) is 23.4 Å². The van der Waals surface area contributed by atoms with Crippen LogP contribution in [0.3, 0.4) is 0 Å². The number of aromatic nitrogens is 4. The number of anilines is 1. The van der Waals surface area contributed by atoms with Crippen LogP contribution in [0.15, 0.2) is 54.9 Å². The van der Waals surface area contributed by atoms with Gasteiger partial charge in [-0.3, -0.25) is 4.79 Å². The van der Waals surface area contributed by atoms with Gasteiger partial charge in [-0.1, -0.05) is 19.1 Å². The first-order valence-corrected chi connectivity index (χ1v) is 8.10. The quantitative estimate of drug-likeness (QED) is 0.685. The molecule has 0 aliphatic carbocycles. The SMILES string of the molecule is CCCOC(=O)c1ccc(NC(=O)c2ccccc2-n2cnnn2)cc1. The monoisotopic (exact) mass is 351 g/mol. The molecule has 3 rings (SSSR count). The Labute approximate surface area is 149 Å². The molecule has 8 heteroatoms. The number of rotatable bonds is 6. The Morgan fingerprint density at radius 2 is 1.88 bits per heavy atom. The van der Waals surface area contributed by atoms with Crippen LogP contribution in [0.4, 0.5) is 5.69 Å². The average molecular weight is 351 g/mol. The number of nitrogens with zero attached hydrogens (tertiary/aromatic N) is 4. The molecule has 0 fully saturated rings. The van der Waals surface area contributed by atoms with E-state index < -0.39 is 0 Å². The molecule has 1 aromatic heterocycles. The van der Waals surface area contributed by atoms with E-state index in [1.54, 1.807) is 48.5 Å². The molecule has 0 aliphatic rings. The molecule has 2 aromatic carbocycles. The number of nitrogens with one attached hydrogen (secondary N) is 1. The highest BCUT2D eigenvalue weighted by molar-refractivity contribution is 6.06. The topological polar surface area (TPSA) is 99.0 Å². The lowest BCUT2D eigenvalue weighted by Crippen LogP contribution is -2.15. The minimum absolute atomic E-state index is 0.308. The Morgan fingerprint density at radius 3 is 2.58 bits per heavy atom. The Balaban J connectivity index is 1.74. The molecule has 0 spiro atoms. The molecule has 26 heavy (non-hydrogen) atoms. The second-order valence-electron chi connectivity index (χ2n) is 5.44. The van der Waals surface area contributed by atoms with Gasteiger partial charge < -0.3 is 10.1 Å². The number of hydrogen-bond acceptors (Lipinski definition) is 6. The first-order valence-electron chi connectivity index (χ1n) is 8.10. The minimum atomic E-state index is -0.381. The summed E-state index contributed by atoms with van der Waals surface area (Å²) >= 11 is 0. The fourth-order valence-electron chi connectivity index (χ4n) is 2.30. The zero-order chi connectivity index (χ0) is 18.4. The molecular weight excluding hydrogens is 334 g/mol. The third-order valence-electron chi connectivity index (χ3n) is 3.56. The molecule has 0 atom stereocenters. The highest BCUT2D eigenvalue weighted by Gasteiger charge is 2.14.